The fourth-order valence-corrected chi connectivity index (χ4v) is 1.89. The molecule has 1 heterocycles. The number of benzene rings is 1. The summed E-state index contributed by atoms with van der Waals surface area (Å²) >= 11 is 0. The average molecular weight is 291 g/mol. The Balaban J connectivity index is 1.99. The van der Waals surface area contributed by atoms with Crippen molar-refractivity contribution in [3.63, 3.8) is 0 Å². The number of halogens is 1. The summed E-state index contributed by atoms with van der Waals surface area (Å²) in [6.45, 7) is 2.55. The Kier molecular flexibility index (Phi) is 5.05. The number of hydrogen-bond acceptors (Lipinski definition) is 3. The van der Waals surface area contributed by atoms with Gasteiger partial charge < -0.3 is 10.4 Å². The first-order valence-electron chi connectivity index (χ1n) is 6.80. The number of carbonyl (C=O) groups excluding carboxylic acids is 1. The minimum Gasteiger partial charge on any atom is -0.396 e. The van der Waals surface area contributed by atoms with Crippen molar-refractivity contribution in [1.29, 1.82) is 0 Å². The summed E-state index contributed by atoms with van der Waals surface area (Å²) in [6.07, 6.45) is 0.643. The van der Waals surface area contributed by atoms with E-state index in [1.807, 2.05) is 6.92 Å². The number of aliphatic hydroxyl groups is 1. The van der Waals surface area contributed by atoms with Crippen molar-refractivity contribution in [2.45, 2.75) is 13.3 Å². The molecule has 0 aliphatic carbocycles. The third-order valence-corrected chi connectivity index (χ3v) is 3.20. The topological polar surface area (TPSA) is 78.0 Å². The van der Waals surface area contributed by atoms with Crippen molar-refractivity contribution in [3.8, 4) is 11.3 Å². The third kappa shape index (κ3) is 4.13. The molecule has 0 spiro atoms. The number of aliphatic hydroxyl groups excluding tert-OH is 1. The number of carbonyl (C=O) groups is 1. The minimum absolute atomic E-state index is 0.107. The molecule has 0 aliphatic heterocycles. The fourth-order valence-electron chi connectivity index (χ4n) is 1.89. The molecule has 0 fully saturated rings. The first-order valence-corrected chi connectivity index (χ1v) is 6.80. The second-order valence-electron chi connectivity index (χ2n) is 5.00. The summed E-state index contributed by atoms with van der Waals surface area (Å²) in [4.78, 5) is 11.9. The number of H-pyrrole nitrogens is 1. The smallest absolute Gasteiger partial charge is 0.269 e. The van der Waals surface area contributed by atoms with Crippen LogP contribution in [-0.2, 0) is 0 Å². The fraction of sp³-hybridized carbons (Fsp3) is 0.333. The van der Waals surface area contributed by atoms with E-state index in [4.69, 9.17) is 5.11 Å². The van der Waals surface area contributed by atoms with Crippen LogP contribution in [0, 0.1) is 11.7 Å². The number of aromatic amines is 1. The molecule has 5 nitrogen and oxygen atoms in total. The van der Waals surface area contributed by atoms with Gasteiger partial charge in [0.1, 0.15) is 11.5 Å². The van der Waals surface area contributed by atoms with Crippen LogP contribution in [0.2, 0.25) is 0 Å². The molecular weight excluding hydrogens is 273 g/mol. The van der Waals surface area contributed by atoms with E-state index < -0.39 is 0 Å². The SMILES string of the molecule is CC(CCO)CNC(=O)c1cc(-c2ccc(F)cc2)n[nH]1. The summed E-state index contributed by atoms with van der Waals surface area (Å²) < 4.78 is 12.9. The van der Waals surface area contributed by atoms with Gasteiger partial charge in [0.2, 0.25) is 0 Å². The van der Waals surface area contributed by atoms with Crippen LogP contribution in [0.1, 0.15) is 23.8 Å². The predicted molar refractivity (Wildman–Crippen MR) is 77.2 cm³/mol. The second kappa shape index (κ2) is 6.99. The number of aromatic nitrogens is 2. The van der Waals surface area contributed by atoms with Gasteiger partial charge in [-0.1, -0.05) is 6.92 Å². The van der Waals surface area contributed by atoms with E-state index in [0.29, 0.717) is 24.4 Å². The van der Waals surface area contributed by atoms with Crippen LogP contribution in [0.25, 0.3) is 11.3 Å². The highest BCUT2D eigenvalue weighted by molar-refractivity contribution is 5.93. The van der Waals surface area contributed by atoms with E-state index in [0.717, 1.165) is 5.56 Å². The molecule has 0 saturated carbocycles. The zero-order valence-corrected chi connectivity index (χ0v) is 11.8. The summed E-state index contributed by atoms with van der Waals surface area (Å²) in [5.74, 6) is -0.357. The minimum atomic E-state index is -0.315. The summed E-state index contributed by atoms with van der Waals surface area (Å²) in [5.41, 5.74) is 1.68. The predicted octanol–water partition coefficient (Wildman–Crippen LogP) is 1.96. The van der Waals surface area contributed by atoms with Gasteiger partial charge in [0.25, 0.3) is 5.91 Å². The van der Waals surface area contributed by atoms with Gasteiger partial charge in [0, 0.05) is 18.7 Å². The van der Waals surface area contributed by atoms with E-state index in [-0.39, 0.29) is 24.2 Å². The molecule has 2 rings (SSSR count). The van der Waals surface area contributed by atoms with E-state index in [2.05, 4.69) is 15.5 Å². The Hall–Kier alpha value is -2.21. The van der Waals surface area contributed by atoms with Gasteiger partial charge in [-0.2, -0.15) is 5.10 Å². The molecule has 1 aromatic heterocycles. The van der Waals surface area contributed by atoms with E-state index >= 15 is 0 Å². The van der Waals surface area contributed by atoms with Crippen LogP contribution in [-0.4, -0.2) is 34.4 Å². The maximum absolute atomic E-state index is 12.9. The number of hydrogen-bond donors (Lipinski definition) is 3. The summed E-state index contributed by atoms with van der Waals surface area (Å²) in [6, 6.07) is 7.53. The molecule has 1 aromatic carbocycles. The lowest BCUT2D eigenvalue weighted by molar-refractivity contribution is 0.0940. The monoisotopic (exact) mass is 291 g/mol. The van der Waals surface area contributed by atoms with Crippen molar-refractivity contribution in [3.05, 3.63) is 41.8 Å². The van der Waals surface area contributed by atoms with Crippen LogP contribution in [0.15, 0.2) is 30.3 Å². The van der Waals surface area contributed by atoms with Crippen LogP contribution < -0.4 is 5.32 Å². The highest BCUT2D eigenvalue weighted by Gasteiger charge is 2.12. The quantitative estimate of drug-likeness (QED) is 0.761. The average Bonchev–Trinajstić information content (AvgIpc) is 2.96. The Morgan fingerprint density at radius 3 is 2.81 bits per heavy atom. The Morgan fingerprint density at radius 2 is 2.14 bits per heavy atom. The zero-order chi connectivity index (χ0) is 15.2. The normalized spacial score (nSPS) is 12.1. The van der Waals surface area contributed by atoms with Crippen molar-refractivity contribution in [2.24, 2.45) is 5.92 Å². The molecule has 1 unspecified atom stereocenters. The third-order valence-electron chi connectivity index (χ3n) is 3.20. The van der Waals surface area contributed by atoms with Gasteiger partial charge in [-0.25, -0.2) is 4.39 Å². The van der Waals surface area contributed by atoms with E-state index in [1.54, 1.807) is 18.2 Å². The summed E-state index contributed by atoms with van der Waals surface area (Å²) in [5, 5.41) is 18.3. The van der Waals surface area contributed by atoms with Gasteiger partial charge in [-0.05, 0) is 42.7 Å². The van der Waals surface area contributed by atoms with Gasteiger partial charge in [-0.15, -0.1) is 0 Å². The van der Waals surface area contributed by atoms with Gasteiger partial charge in [-0.3, -0.25) is 9.89 Å². The maximum Gasteiger partial charge on any atom is 0.269 e. The highest BCUT2D eigenvalue weighted by atomic mass is 19.1. The van der Waals surface area contributed by atoms with Crippen molar-refractivity contribution in [1.82, 2.24) is 15.5 Å². The molecule has 0 bridgehead atoms. The number of nitrogens with one attached hydrogen (secondary N) is 2. The molecule has 0 radical (unpaired) electrons. The molecule has 21 heavy (non-hydrogen) atoms. The Bertz CT molecular complexity index is 595. The van der Waals surface area contributed by atoms with Gasteiger partial charge in [0.15, 0.2) is 0 Å². The Morgan fingerprint density at radius 1 is 1.43 bits per heavy atom. The second-order valence-corrected chi connectivity index (χ2v) is 5.00. The van der Waals surface area contributed by atoms with Crippen LogP contribution in [0.3, 0.4) is 0 Å². The molecule has 0 aliphatic rings. The summed E-state index contributed by atoms with van der Waals surface area (Å²) in [7, 11) is 0. The highest BCUT2D eigenvalue weighted by Crippen LogP contribution is 2.17. The lowest BCUT2D eigenvalue weighted by Crippen LogP contribution is -2.28. The molecule has 6 heteroatoms. The molecule has 1 atom stereocenters. The molecular formula is C15H18FN3O2. The molecule has 1 amide bonds. The van der Waals surface area contributed by atoms with Gasteiger partial charge in [0.05, 0.1) is 5.69 Å². The van der Waals surface area contributed by atoms with Crippen molar-refractivity contribution >= 4 is 5.91 Å². The zero-order valence-electron chi connectivity index (χ0n) is 11.8. The molecule has 3 N–H and O–H groups in total. The molecule has 112 valence electrons. The molecule has 0 saturated heterocycles. The standard InChI is InChI=1S/C15H18FN3O2/c1-10(6-7-20)9-17-15(21)14-8-13(18-19-14)11-2-4-12(16)5-3-11/h2-5,8,10,20H,6-7,9H2,1H3,(H,17,21)(H,18,19). The van der Waals surface area contributed by atoms with Crippen molar-refractivity contribution in [2.75, 3.05) is 13.2 Å². The first kappa shape index (κ1) is 15.2. The largest absolute Gasteiger partial charge is 0.396 e. The number of rotatable bonds is 6. The number of amides is 1. The van der Waals surface area contributed by atoms with E-state index in [1.165, 1.54) is 12.1 Å². The van der Waals surface area contributed by atoms with Crippen molar-refractivity contribution < 1.29 is 14.3 Å². The maximum atomic E-state index is 12.9. The lowest BCUT2D eigenvalue weighted by atomic mass is 10.1. The van der Waals surface area contributed by atoms with Crippen LogP contribution in [0.4, 0.5) is 4.39 Å². The van der Waals surface area contributed by atoms with Crippen LogP contribution in [0.5, 0.6) is 0 Å². The first-order chi connectivity index (χ1) is 10.1. The van der Waals surface area contributed by atoms with E-state index in [9.17, 15) is 9.18 Å². The number of nitrogens with zero attached hydrogens (tertiary/aromatic N) is 1. The lowest BCUT2D eigenvalue weighted by Gasteiger charge is -2.09. The van der Waals surface area contributed by atoms with Crippen LogP contribution >= 0.6 is 0 Å². The van der Waals surface area contributed by atoms with Gasteiger partial charge >= 0.3 is 0 Å². The molecule has 2 aromatic rings. The Labute approximate surface area is 122 Å².